The molecule has 0 bridgehead atoms. The summed E-state index contributed by atoms with van der Waals surface area (Å²) in [5.41, 5.74) is 0.171. The summed E-state index contributed by atoms with van der Waals surface area (Å²) in [7, 11) is 0. The van der Waals surface area contributed by atoms with Crippen LogP contribution in [-0.2, 0) is 0 Å². The van der Waals surface area contributed by atoms with E-state index in [2.05, 4.69) is 31.0 Å². The van der Waals surface area contributed by atoms with Gasteiger partial charge in [-0.25, -0.2) is 0 Å². The highest BCUT2D eigenvalue weighted by atomic mass is 16.3. The van der Waals surface area contributed by atoms with E-state index >= 15 is 0 Å². The maximum Gasteiger partial charge on any atom is 0.0938 e. The van der Waals surface area contributed by atoms with Gasteiger partial charge in [0.25, 0.3) is 0 Å². The van der Waals surface area contributed by atoms with E-state index in [9.17, 15) is 10.2 Å². The molecule has 3 N–H and O–H groups in total. The van der Waals surface area contributed by atoms with Gasteiger partial charge < -0.3 is 15.5 Å². The Morgan fingerprint density at radius 1 is 1.20 bits per heavy atom. The minimum atomic E-state index is -0.555. The summed E-state index contributed by atoms with van der Waals surface area (Å²) in [5.74, 6) is 0. The molecule has 15 heavy (non-hydrogen) atoms. The number of aliphatic hydroxyl groups excluding tert-OH is 2. The second kappa shape index (κ2) is 5.25. The first-order chi connectivity index (χ1) is 6.88. The lowest BCUT2D eigenvalue weighted by Gasteiger charge is -2.21. The van der Waals surface area contributed by atoms with Crippen LogP contribution in [-0.4, -0.2) is 59.0 Å². The molecule has 90 valence electrons. The predicted octanol–water partition coefficient (Wildman–Crippen LogP) is -0.198. The van der Waals surface area contributed by atoms with Crippen LogP contribution < -0.4 is 5.32 Å². The van der Waals surface area contributed by atoms with Crippen LogP contribution in [0.3, 0.4) is 0 Å². The van der Waals surface area contributed by atoms with Crippen LogP contribution in [0.25, 0.3) is 0 Å². The fraction of sp³-hybridized carbons (Fsp3) is 1.00. The molecule has 0 aromatic heterocycles. The fourth-order valence-electron chi connectivity index (χ4n) is 1.80. The molecule has 1 rings (SSSR count). The molecule has 0 spiro atoms. The lowest BCUT2D eigenvalue weighted by atomic mass is 10.1. The maximum atomic E-state index is 9.35. The Kier molecular flexibility index (Phi) is 4.52. The van der Waals surface area contributed by atoms with E-state index < -0.39 is 12.2 Å². The topological polar surface area (TPSA) is 55.7 Å². The first-order valence-corrected chi connectivity index (χ1v) is 5.72. The average molecular weight is 216 g/mol. The van der Waals surface area contributed by atoms with Crippen molar-refractivity contribution >= 4 is 0 Å². The SMILES string of the molecule is CC(C)(C)NCCCN1CC(O)C(O)C1. The summed E-state index contributed by atoms with van der Waals surface area (Å²) in [5, 5.41) is 22.1. The van der Waals surface area contributed by atoms with Gasteiger partial charge in [0.05, 0.1) is 12.2 Å². The quantitative estimate of drug-likeness (QED) is 0.570. The Morgan fingerprint density at radius 3 is 2.20 bits per heavy atom. The van der Waals surface area contributed by atoms with Gasteiger partial charge >= 0.3 is 0 Å². The monoisotopic (exact) mass is 216 g/mol. The molecule has 0 aliphatic carbocycles. The highest BCUT2D eigenvalue weighted by Crippen LogP contribution is 2.09. The fourth-order valence-corrected chi connectivity index (χ4v) is 1.80. The van der Waals surface area contributed by atoms with Crippen molar-refractivity contribution < 1.29 is 10.2 Å². The Balaban J connectivity index is 2.07. The summed E-state index contributed by atoms with van der Waals surface area (Å²) in [6, 6.07) is 0. The van der Waals surface area contributed by atoms with Crippen LogP contribution in [0.5, 0.6) is 0 Å². The van der Waals surface area contributed by atoms with Crippen molar-refractivity contribution in [1.29, 1.82) is 0 Å². The van der Waals surface area contributed by atoms with Gasteiger partial charge in [-0.05, 0) is 40.3 Å². The zero-order chi connectivity index (χ0) is 11.5. The first-order valence-electron chi connectivity index (χ1n) is 5.72. The van der Waals surface area contributed by atoms with E-state index in [1.807, 2.05) is 0 Å². The summed E-state index contributed by atoms with van der Waals surface area (Å²) in [4.78, 5) is 2.11. The zero-order valence-electron chi connectivity index (χ0n) is 10.0. The Bertz CT molecular complexity index is 182. The molecule has 1 heterocycles. The first kappa shape index (κ1) is 12.9. The maximum absolute atomic E-state index is 9.35. The molecule has 1 aliphatic heterocycles. The number of hydrogen-bond acceptors (Lipinski definition) is 4. The van der Waals surface area contributed by atoms with Gasteiger partial charge in [0.2, 0.25) is 0 Å². The highest BCUT2D eigenvalue weighted by Gasteiger charge is 2.28. The van der Waals surface area contributed by atoms with Crippen molar-refractivity contribution in [2.24, 2.45) is 0 Å². The number of hydrogen-bond donors (Lipinski definition) is 3. The van der Waals surface area contributed by atoms with Crippen molar-refractivity contribution in [3.63, 3.8) is 0 Å². The molecule has 1 fully saturated rings. The van der Waals surface area contributed by atoms with Crippen LogP contribution in [0.15, 0.2) is 0 Å². The Morgan fingerprint density at radius 2 is 1.73 bits per heavy atom. The molecular formula is C11H24N2O2. The van der Waals surface area contributed by atoms with Crippen LogP contribution in [0.2, 0.25) is 0 Å². The molecule has 0 aromatic carbocycles. The second-order valence-corrected chi connectivity index (χ2v) is 5.42. The van der Waals surface area contributed by atoms with E-state index in [0.29, 0.717) is 13.1 Å². The number of aliphatic hydroxyl groups is 2. The average Bonchev–Trinajstić information content (AvgIpc) is 2.39. The van der Waals surface area contributed by atoms with Gasteiger partial charge in [-0.3, -0.25) is 4.90 Å². The van der Waals surface area contributed by atoms with Crippen LogP contribution in [0, 0.1) is 0 Å². The largest absolute Gasteiger partial charge is 0.389 e. The zero-order valence-corrected chi connectivity index (χ0v) is 10.0. The second-order valence-electron chi connectivity index (χ2n) is 5.42. The van der Waals surface area contributed by atoms with E-state index in [1.165, 1.54) is 0 Å². The Hall–Kier alpha value is -0.160. The molecule has 0 radical (unpaired) electrons. The molecule has 4 nitrogen and oxygen atoms in total. The van der Waals surface area contributed by atoms with Gasteiger partial charge in [0.15, 0.2) is 0 Å². The number of likely N-dealkylation sites (tertiary alicyclic amines) is 1. The molecule has 4 heteroatoms. The highest BCUT2D eigenvalue weighted by molar-refractivity contribution is 4.83. The number of nitrogens with zero attached hydrogens (tertiary/aromatic N) is 1. The van der Waals surface area contributed by atoms with Gasteiger partial charge in [0.1, 0.15) is 0 Å². The third-order valence-electron chi connectivity index (χ3n) is 2.64. The number of nitrogens with one attached hydrogen (secondary N) is 1. The van der Waals surface area contributed by atoms with Crippen LogP contribution >= 0.6 is 0 Å². The third kappa shape index (κ3) is 4.93. The smallest absolute Gasteiger partial charge is 0.0938 e. The molecule has 0 saturated carbocycles. The summed E-state index contributed by atoms with van der Waals surface area (Å²) >= 11 is 0. The standard InChI is InChI=1S/C11H24N2O2/c1-11(2,3)12-5-4-6-13-7-9(14)10(15)8-13/h9-10,12,14-15H,4-8H2,1-3H3. The molecule has 1 aliphatic rings. The van der Waals surface area contributed by atoms with Crippen molar-refractivity contribution in [1.82, 2.24) is 10.2 Å². The van der Waals surface area contributed by atoms with Crippen molar-refractivity contribution in [3.8, 4) is 0 Å². The molecule has 0 amide bonds. The normalized spacial score (nSPS) is 28.6. The summed E-state index contributed by atoms with van der Waals surface area (Å²) in [6.07, 6.45) is -0.0578. The van der Waals surface area contributed by atoms with E-state index in [-0.39, 0.29) is 5.54 Å². The van der Waals surface area contributed by atoms with Crippen LogP contribution in [0.4, 0.5) is 0 Å². The van der Waals surface area contributed by atoms with Gasteiger partial charge in [-0.1, -0.05) is 0 Å². The summed E-state index contributed by atoms with van der Waals surface area (Å²) < 4.78 is 0. The Labute approximate surface area is 92.3 Å². The van der Waals surface area contributed by atoms with Gasteiger partial charge in [-0.2, -0.15) is 0 Å². The molecular weight excluding hydrogens is 192 g/mol. The minimum Gasteiger partial charge on any atom is -0.389 e. The van der Waals surface area contributed by atoms with Gasteiger partial charge in [0, 0.05) is 18.6 Å². The van der Waals surface area contributed by atoms with Crippen molar-refractivity contribution in [3.05, 3.63) is 0 Å². The molecule has 0 aromatic rings. The van der Waals surface area contributed by atoms with Crippen LogP contribution in [0.1, 0.15) is 27.2 Å². The minimum absolute atomic E-state index is 0.171. The van der Waals surface area contributed by atoms with E-state index in [4.69, 9.17) is 0 Å². The predicted molar refractivity (Wildman–Crippen MR) is 60.8 cm³/mol. The third-order valence-corrected chi connectivity index (χ3v) is 2.64. The number of β-amino-alcohol motifs (C(OH)–C–C–N with tert-alkyl or cyclic N) is 2. The van der Waals surface area contributed by atoms with E-state index in [1.54, 1.807) is 0 Å². The number of rotatable bonds is 4. The lowest BCUT2D eigenvalue weighted by molar-refractivity contribution is 0.0572. The molecule has 2 unspecified atom stereocenters. The van der Waals surface area contributed by atoms with Crippen molar-refractivity contribution in [2.45, 2.75) is 44.9 Å². The van der Waals surface area contributed by atoms with Crippen molar-refractivity contribution in [2.75, 3.05) is 26.2 Å². The van der Waals surface area contributed by atoms with Gasteiger partial charge in [-0.15, -0.1) is 0 Å². The summed E-state index contributed by atoms with van der Waals surface area (Å²) in [6.45, 7) is 9.58. The molecule has 2 atom stereocenters. The lowest BCUT2D eigenvalue weighted by Crippen LogP contribution is -2.37. The molecule has 1 saturated heterocycles. The van der Waals surface area contributed by atoms with E-state index in [0.717, 1.165) is 19.5 Å².